The molecule has 0 atom stereocenters. The molecule has 0 fully saturated rings. The van der Waals surface area contributed by atoms with E-state index in [1.165, 1.54) is 20.2 Å². The van der Waals surface area contributed by atoms with Crippen molar-refractivity contribution in [2.75, 3.05) is 0 Å². The van der Waals surface area contributed by atoms with Gasteiger partial charge in [0.2, 0.25) is 0 Å². The lowest BCUT2D eigenvalue weighted by atomic mass is 10.2. The maximum atomic E-state index is 9.67. The molecule has 25 heavy (non-hydrogen) atoms. The number of benzene rings is 3. The molecule has 0 saturated carbocycles. The van der Waals surface area contributed by atoms with Crippen LogP contribution in [0.15, 0.2) is 99.6 Å². The summed E-state index contributed by atoms with van der Waals surface area (Å²) in [6, 6.07) is 30.4. The Hall–Kier alpha value is -2.21. The van der Waals surface area contributed by atoms with Crippen LogP contribution >= 0.6 is 0 Å². The summed E-state index contributed by atoms with van der Waals surface area (Å²) in [7, 11) is -3.69. The van der Waals surface area contributed by atoms with Gasteiger partial charge in [-0.25, -0.2) is 0 Å². The van der Waals surface area contributed by atoms with Crippen molar-refractivity contribution in [2.24, 2.45) is 0 Å². The lowest BCUT2D eigenvalue weighted by Crippen LogP contribution is -3.00. The maximum absolute atomic E-state index is 9.67. The van der Waals surface area contributed by atoms with Crippen molar-refractivity contribution < 1.29 is 17.7 Å². The van der Waals surface area contributed by atoms with Crippen molar-refractivity contribution in [2.45, 2.75) is 21.6 Å². The van der Waals surface area contributed by atoms with Gasteiger partial charge in [-0.05, 0) is 43.3 Å². The Labute approximate surface area is 148 Å². The first-order chi connectivity index (χ1) is 11.6. The van der Waals surface area contributed by atoms with Crippen molar-refractivity contribution in [3.63, 3.8) is 0 Å². The van der Waals surface area contributed by atoms with Gasteiger partial charge >= 0.3 is 7.54 Å². The summed E-state index contributed by atoms with van der Waals surface area (Å²) in [4.78, 5) is 4.10. The molecule has 0 aliphatic carbocycles. The molecule has 3 aromatic carbocycles. The van der Waals surface area contributed by atoms with Gasteiger partial charge in [0.25, 0.3) is 0 Å². The second kappa shape index (κ2) is 10.6. The van der Waals surface area contributed by atoms with E-state index in [-0.39, 0.29) is 15.6 Å². The van der Waals surface area contributed by atoms with Crippen molar-refractivity contribution in [1.29, 1.82) is 0 Å². The summed E-state index contributed by atoms with van der Waals surface area (Å²) in [6.45, 7) is 2.13. The average Bonchev–Trinajstić information content (AvgIpc) is 2.58. The molecule has 0 aliphatic heterocycles. The third-order valence-corrected chi connectivity index (χ3v) is 5.45. The highest BCUT2D eigenvalue weighted by Gasteiger charge is 2.27. The molecule has 0 heterocycles. The van der Waals surface area contributed by atoms with E-state index in [0.717, 1.165) is 0 Å². The highest BCUT2D eigenvalue weighted by atomic mass is 32.2. The van der Waals surface area contributed by atoms with Crippen molar-refractivity contribution >= 4 is 18.4 Å². The van der Waals surface area contributed by atoms with Gasteiger partial charge in [-0.3, -0.25) is 12.9 Å². The molecule has 6 heteroatoms. The van der Waals surface area contributed by atoms with Crippen molar-refractivity contribution in [1.82, 2.24) is 0 Å². The van der Waals surface area contributed by atoms with Crippen LogP contribution in [0.4, 0.5) is 12.9 Å². The fourth-order valence-corrected chi connectivity index (χ4v) is 4.28. The first kappa shape index (κ1) is 20.8. The van der Waals surface area contributed by atoms with E-state index < -0.39 is 7.54 Å². The second-order valence-corrected chi connectivity index (χ2v) is 7.02. The van der Waals surface area contributed by atoms with Gasteiger partial charge < -0.3 is 4.70 Å². The predicted octanol–water partition coefficient (Wildman–Crippen LogP) is 2.97. The normalized spacial score (nSPS) is 9.64. The van der Waals surface area contributed by atoms with Crippen molar-refractivity contribution in [3.05, 3.63) is 90.5 Å². The Morgan fingerprint density at radius 3 is 1.28 bits per heavy atom. The second-order valence-electron chi connectivity index (χ2n) is 4.99. The Kier molecular flexibility index (Phi) is 8.85. The van der Waals surface area contributed by atoms with Crippen LogP contribution in [0.2, 0.25) is 0 Å². The molecule has 0 amide bonds. The third-order valence-electron chi connectivity index (χ3n) is 3.21. The van der Waals surface area contributed by atoms with Gasteiger partial charge in [0.15, 0.2) is 14.7 Å². The van der Waals surface area contributed by atoms with Gasteiger partial charge in [0.05, 0.1) is 10.9 Å². The van der Waals surface area contributed by atoms with Crippen LogP contribution < -0.4 is 4.70 Å². The third kappa shape index (κ3) is 6.67. The van der Waals surface area contributed by atoms with Crippen LogP contribution in [0.1, 0.15) is 5.56 Å². The number of halogens is 4. The standard InChI is InChI=1S/C19H17S.BF3.FH/c1-16-12-14-19(15-13-16)20(17-8-4-2-5-9-17)18-10-6-3-7-11-18;2-1(3)4;/h2-15H,1H3;;1H/q+1;;/p-1. The quantitative estimate of drug-likeness (QED) is 0.381. The molecular weight excluding hydrogens is 347 g/mol. The van der Waals surface area contributed by atoms with E-state index in [1.807, 2.05) is 0 Å². The van der Waals surface area contributed by atoms with E-state index in [2.05, 4.69) is 91.9 Å². The summed E-state index contributed by atoms with van der Waals surface area (Å²) in [5, 5.41) is 0. The molecule has 0 aliphatic rings. The summed E-state index contributed by atoms with van der Waals surface area (Å²) in [5.41, 5.74) is 1.30. The Morgan fingerprint density at radius 1 is 0.600 bits per heavy atom. The van der Waals surface area contributed by atoms with Crippen LogP contribution in [0.5, 0.6) is 0 Å². The van der Waals surface area contributed by atoms with Gasteiger partial charge in [0, 0.05) is 0 Å². The van der Waals surface area contributed by atoms with E-state index in [4.69, 9.17) is 0 Å². The molecule has 0 bridgehead atoms. The first-order valence-electron chi connectivity index (χ1n) is 7.41. The summed E-state index contributed by atoms with van der Waals surface area (Å²) in [5.74, 6) is 0. The van der Waals surface area contributed by atoms with Crippen LogP contribution in [0, 0.1) is 6.92 Å². The van der Waals surface area contributed by atoms with Crippen molar-refractivity contribution in [3.8, 4) is 0 Å². The highest BCUT2D eigenvalue weighted by molar-refractivity contribution is 7.97. The molecule has 0 radical (unpaired) electrons. The van der Waals surface area contributed by atoms with E-state index in [1.54, 1.807) is 0 Å². The van der Waals surface area contributed by atoms with Crippen LogP contribution in [0.25, 0.3) is 0 Å². The Balaban J connectivity index is 0.000000568. The zero-order chi connectivity index (χ0) is 17.4. The number of aryl methyl sites for hydroxylation is 1. The molecule has 0 spiro atoms. The molecule has 0 saturated heterocycles. The lowest BCUT2D eigenvalue weighted by molar-refractivity contribution is -0.00000764. The predicted molar refractivity (Wildman–Crippen MR) is 95.3 cm³/mol. The molecule has 0 unspecified atom stereocenters. The summed E-state index contributed by atoms with van der Waals surface area (Å²) < 4.78 is 29.0. The van der Waals surface area contributed by atoms with E-state index in [9.17, 15) is 12.9 Å². The lowest BCUT2D eigenvalue weighted by Gasteiger charge is -2.07. The average molecular weight is 364 g/mol. The fourth-order valence-electron chi connectivity index (χ4n) is 2.20. The molecule has 130 valence electrons. The molecule has 0 nitrogen and oxygen atoms in total. The molecule has 3 aromatic rings. The number of hydrogen-bond donors (Lipinski definition) is 0. The smallest absolute Gasteiger partial charge is 0.762 e. The minimum atomic E-state index is -3.67. The minimum Gasteiger partial charge on any atom is -1.00 e. The zero-order valence-electron chi connectivity index (χ0n) is 13.6. The molecule has 3 rings (SSSR count). The fraction of sp³-hybridized carbons (Fsp3) is 0.0526. The van der Waals surface area contributed by atoms with Crippen LogP contribution in [-0.4, -0.2) is 7.54 Å². The van der Waals surface area contributed by atoms with Gasteiger partial charge in [-0.2, -0.15) is 0 Å². The summed E-state index contributed by atoms with van der Waals surface area (Å²) >= 11 is 0. The number of rotatable bonds is 3. The van der Waals surface area contributed by atoms with E-state index in [0.29, 0.717) is 0 Å². The Bertz CT molecular complexity index is 679. The van der Waals surface area contributed by atoms with E-state index >= 15 is 0 Å². The monoisotopic (exact) mass is 364 g/mol. The highest BCUT2D eigenvalue weighted by Crippen LogP contribution is 2.30. The number of hydrogen-bond acceptors (Lipinski definition) is 0. The molecular formula is C19H17BF4S. The van der Waals surface area contributed by atoms with Crippen LogP contribution in [-0.2, 0) is 10.9 Å². The van der Waals surface area contributed by atoms with Gasteiger partial charge in [-0.1, -0.05) is 54.1 Å². The first-order valence-corrected chi connectivity index (χ1v) is 8.63. The van der Waals surface area contributed by atoms with Gasteiger partial charge in [0.1, 0.15) is 0 Å². The topological polar surface area (TPSA) is 0 Å². The zero-order valence-corrected chi connectivity index (χ0v) is 14.4. The molecule has 0 N–H and O–H groups in total. The maximum Gasteiger partial charge on any atom is 0.762 e. The largest absolute Gasteiger partial charge is 1.00 e. The minimum absolute atomic E-state index is 0. The SMILES string of the molecule is Cc1ccc([S+](c2ccccc2)c2ccccc2)cc1.FB(F)F.[F-]. The summed E-state index contributed by atoms with van der Waals surface area (Å²) in [6.07, 6.45) is 0. The molecule has 0 aromatic heterocycles. The Morgan fingerprint density at radius 2 is 0.920 bits per heavy atom. The van der Waals surface area contributed by atoms with Crippen LogP contribution in [0.3, 0.4) is 0 Å². The van der Waals surface area contributed by atoms with Gasteiger partial charge in [-0.15, -0.1) is 0 Å².